The molecule has 6 nitrogen and oxygen atoms in total. The number of nitrogens with zero attached hydrogens (tertiary/aromatic N) is 1. The number of halogens is 2. The Bertz CT molecular complexity index is 914. The normalized spacial score (nSPS) is 22.1. The Kier molecular flexibility index (Phi) is 6.06. The van der Waals surface area contributed by atoms with E-state index < -0.39 is 5.82 Å². The van der Waals surface area contributed by atoms with Crippen LogP contribution in [0, 0.1) is 11.6 Å². The molecule has 0 bridgehead atoms. The van der Waals surface area contributed by atoms with Crippen molar-refractivity contribution in [2.75, 3.05) is 13.1 Å². The summed E-state index contributed by atoms with van der Waals surface area (Å²) in [5, 5.41) is 2.92. The van der Waals surface area contributed by atoms with Crippen LogP contribution in [-0.4, -0.2) is 41.9 Å². The lowest BCUT2D eigenvalue weighted by Crippen LogP contribution is -2.51. The van der Waals surface area contributed by atoms with E-state index in [0.717, 1.165) is 5.56 Å². The average molecular weight is 414 g/mol. The van der Waals surface area contributed by atoms with Gasteiger partial charge in [-0.05, 0) is 55.2 Å². The van der Waals surface area contributed by atoms with Crippen LogP contribution in [0.2, 0.25) is 0 Å². The maximum atomic E-state index is 13.3. The van der Waals surface area contributed by atoms with E-state index in [2.05, 4.69) is 16.2 Å². The molecule has 4 rings (SSSR count). The number of benzene rings is 2. The Hall–Kier alpha value is -2.84. The van der Waals surface area contributed by atoms with Crippen molar-refractivity contribution < 1.29 is 18.4 Å². The molecule has 0 aliphatic carbocycles. The highest BCUT2D eigenvalue weighted by atomic mass is 19.1. The van der Waals surface area contributed by atoms with Crippen LogP contribution >= 0.6 is 0 Å². The number of rotatable bonds is 4. The fourth-order valence-electron chi connectivity index (χ4n) is 3.99. The minimum atomic E-state index is -0.445. The van der Waals surface area contributed by atoms with Crippen molar-refractivity contribution in [2.45, 2.75) is 37.4 Å². The number of hydrogen-bond donors (Lipinski definition) is 3. The van der Waals surface area contributed by atoms with Gasteiger partial charge in [-0.25, -0.2) is 19.6 Å². The van der Waals surface area contributed by atoms with Gasteiger partial charge in [0.2, 0.25) is 5.91 Å². The van der Waals surface area contributed by atoms with Crippen LogP contribution in [0.3, 0.4) is 0 Å². The smallest absolute Gasteiger partial charge is 0.251 e. The average Bonchev–Trinajstić information content (AvgIpc) is 3.24. The molecule has 2 aliphatic heterocycles. The molecular weight excluding hydrogens is 390 g/mol. The van der Waals surface area contributed by atoms with Crippen LogP contribution in [0.15, 0.2) is 48.5 Å². The highest BCUT2D eigenvalue weighted by molar-refractivity contribution is 5.94. The van der Waals surface area contributed by atoms with Gasteiger partial charge in [0.05, 0.1) is 0 Å². The van der Waals surface area contributed by atoms with Crippen molar-refractivity contribution in [3.63, 3.8) is 0 Å². The standard InChI is InChI=1S/C22H24F2N4O2/c23-16-6-4-14(5-7-16)19-13-20(27-26-19)22(30)28-10-8-18(9-11-28)25-21(29)15-2-1-3-17(24)12-15/h1-7,12,18-20,26-27H,8-11,13H2,(H,25,29). The summed E-state index contributed by atoms with van der Waals surface area (Å²) in [6.07, 6.45) is 1.88. The monoisotopic (exact) mass is 414 g/mol. The van der Waals surface area contributed by atoms with E-state index in [0.29, 0.717) is 37.9 Å². The first-order valence-electron chi connectivity index (χ1n) is 10.1. The van der Waals surface area contributed by atoms with Gasteiger partial charge in [0, 0.05) is 30.7 Å². The molecule has 2 heterocycles. The van der Waals surface area contributed by atoms with Crippen molar-refractivity contribution in [1.29, 1.82) is 0 Å². The fraction of sp³-hybridized carbons (Fsp3) is 0.364. The first kappa shape index (κ1) is 20.4. The second-order valence-corrected chi connectivity index (χ2v) is 7.76. The van der Waals surface area contributed by atoms with E-state index in [9.17, 15) is 18.4 Å². The van der Waals surface area contributed by atoms with Gasteiger partial charge in [-0.3, -0.25) is 9.59 Å². The molecular formula is C22H24F2N4O2. The highest BCUT2D eigenvalue weighted by Gasteiger charge is 2.34. The van der Waals surface area contributed by atoms with Crippen molar-refractivity contribution in [2.24, 2.45) is 0 Å². The van der Waals surface area contributed by atoms with E-state index in [1.807, 2.05) is 0 Å². The minimum Gasteiger partial charge on any atom is -0.349 e. The fourth-order valence-corrected chi connectivity index (χ4v) is 3.99. The van der Waals surface area contributed by atoms with Crippen LogP contribution in [0.5, 0.6) is 0 Å². The summed E-state index contributed by atoms with van der Waals surface area (Å²) in [5.74, 6) is -1.02. The van der Waals surface area contributed by atoms with Crippen molar-refractivity contribution in [3.05, 3.63) is 71.3 Å². The van der Waals surface area contributed by atoms with Gasteiger partial charge in [0.25, 0.3) is 5.91 Å². The predicted octanol–water partition coefficient (Wildman–Crippen LogP) is 2.29. The molecule has 2 aliphatic rings. The molecule has 2 amide bonds. The molecule has 2 fully saturated rings. The van der Waals surface area contributed by atoms with Gasteiger partial charge >= 0.3 is 0 Å². The van der Waals surface area contributed by atoms with Gasteiger partial charge < -0.3 is 10.2 Å². The lowest BCUT2D eigenvalue weighted by molar-refractivity contribution is -0.134. The van der Waals surface area contributed by atoms with Gasteiger partial charge in [-0.15, -0.1) is 0 Å². The molecule has 8 heteroatoms. The second kappa shape index (κ2) is 8.89. The summed E-state index contributed by atoms with van der Waals surface area (Å²) in [6.45, 7) is 1.10. The third-order valence-electron chi connectivity index (χ3n) is 5.70. The van der Waals surface area contributed by atoms with Gasteiger partial charge in [-0.1, -0.05) is 18.2 Å². The summed E-state index contributed by atoms with van der Waals surface area (Å²) in [4.78, 5) is 26.9. The Morgan fingerprint density at radius 2 is 1.70 bits per heavy atom. The van der Waals surface area contributed by atoms with Crippen LogP contribution in [0.25, 0.3) is 0 Å². The number of amides is 2. The summed E-state index contributed by atoms with van der Waals surface area (Å²) < 4.78 is 26.4. The maximum absolute atomic E-state index is 13.3. The molecule has 0 radical (unpaired) electrons. The summed E-state index contributed by atoms with van der Waals surface area (Å²) in [5.41, 5.74) is 7.38. The molecule has 158 valence electrons. The van der Waals surface area contributed by atoms with E-state index in [1.54, 1.807) is 23.1 Å². The Morgan fingerprint density at radius 3 is 2.40 bits per heavy atom. The zero-order valence-electron chi connectivity index (χ0n) is 16.4. The number of hydrogen-bond acceptors (Lipinski definition) is 4. The first-order chi connectivity index (χ1) is 14.5. The lowest BCUT2D eigenvalue weighted by Gasteiger charge is -2.33. The maximum Gasteiger partial charge on any atom is 0.251 e. The summed E-state index contributed by atoms with van der Waals surface area (Å²) >= 11 is 0. The highest BCUT2D eigenvalue weighted by Crippen LogP contribution is 2.24. The Balaban J connectivity index is 1.26. The van der Waals surface area contributed by atoms with Crippen molar-refractivity contribution in [3.8, 4) is 0 Å². The molecule has 0 saturated carbocycles. The molecule has 2 aromatic carbocycles. The van der Waals surface area contributed by atoms with Crippen LogP contribution in [0.1, 0.15) is 41.2 Å². The molecule has 30 heavy (non-hydrogen) atoms. The topological polar surface area (TPSA) is 73.5 Å². The first-order valence-corrected chi connectivity index (χ1v) is 10.1. The quantitative estimate of drug-likeness (QED) is 0.718. The Labute approximate surface area is 173 Å². The van der Waals surface area contributed by atoms with Crippen LogP contribution < -0.4 is 16.2 Å². The molecule has 2 aromatic rings. The number of carbonyl (C=O) groups excluding carboxylic acids is 2. The third kappa shape index (κ3) is 4.66. The molecule has 2 saturated heterocycles. The zero-order chi connectivity index (χ0) is 21.1. The Morgan fingerprint density at radius 1 is 0.967 bits per heavy atom. The van der Waals surface area contributed by atoms with Crippen molar-refractivity contribution in [1.82, 2.24) is 21.1 Å². The largest absolute Gasteiger partial charge is 0.349 e. The van der Waals surface area contributed by atoms with E-state index in [1.165, 1.54) is 30.3 Å². The number of hydrazine groups is 1. The molecule has 3 N–H and O–H groups in total. The number of carbonyl (C=O) groups is 2. The minimum absolute atomic E-state index is 0.0158. The third-order valence-corrected chi connectivity index (χ3v) is 5.70. The van der Waals surface area contributed by atoms with E-state index in [4.69, 9.17) is 0 Å². The van der Waals surface area contributed by atoms with Gasteiger partial charge in [0.1, 0.15) is 17.7 Å². The second-order valence-electron chi connectivity index (χ2n) is 7.76. The molecule has 0 spiro atoms. The summed E-state index contributed by atoms with van der Waals surface area (Å²) in [6, 6.07) is 11.4. The van der Waals surface area contributed by atoms with Gasteiger partial charge in [0.15, 0.2) is 0 Å². The van der Waals surface area contributed by atoms with Crippen LogP contribution in [0.4, 0.5) is 8.78 Å². The number of likely N-dealkylation sites (tertiary alicyclic amines) is 1. The molecule has 0 aromatic heterocycles. The molecule has 2 unspecified atom stereocenters. The molecule has 2 atom stereocenters. The van der Waals surface area contributed by atoms with Crippen molar-refractivity contribution >= 4 is 11.8 Å². The SMILES string of the molecule is O=C(NC1CCN(C(=O)C2CC(c3ccc(F)cc3)NN2)CC1)c1cccc(F)c1. The summed E-state index contributed by atoms with van der Waals surface area (Å²) in [7, 11) is 0. The lowest BCUT2D eigenvalue weighted by atomic mass is 9.99. The predicted molar refractivity (Wildman–Crippen MR) is 107 cm³/mol. The number of piperidine rings is 1. The van der Waals surface area contributed by atoms with Gasteiger partial charge in [-0.2, -0.15) is 0 Å². The van der Waals surface area contributed by atoms with Crippen LogP contribution in [-0.2, 0) is 4.79 Å². The van der Waals surface area contributed by atoms with E-state index in [-0.39, 0.29) is 35.8 Å². The number of nitrogens with one attached hydrogen (secondary N) is 3. The zero-order valence-corrected chi connectivity index (χ0v) is 16.4. The van der Waals surface area contributed by atoms with E-state index >= 15 is 0 Å².